The molecule has 0 aliphatic heterocycles. The summed E-state index contributed by atoms with van der Waals surface area (Å²) in [5.74, 6) is 0.337. The lowest BCUT2D eigenvalue weighted by molar-refractivity contribution is -0.141. The molecule has 3 aromatic rings. The molecule has 0 unspecified atom stereocenters. The number of benzene rings is 3. The highest BCUT2D eigenvalue weighted by Crippen LogP contribution is 2.28. The number of carbonyl (C=O) groups excluding carboxylic acids is 2. The molecule has 9 nitrogen and oxygen atoms in total. The molecular formula is C33H43N3O6S2. The molecule has 11 heteroatoms. The first-order valence-corrected chi connectivity index (χ1v) is 17.1. The Morgan fingerprint density at radius 3 is 2.16 bits per heavy atom. The van der Waals surface area contributed by atoms with Crippen LogP contribution in [0, 0.1) is 0 Å². The fraction of sp³-hybridized carbons (Fsp3) is 0.394. The lowest BCUT2D eigenvalue weighted by atomic mass is 10.1. The zero-order chi connectivity index (χ0) is 32.5. The Labute approximate surface area is 266 Å². The molecule has 0 aliphatic carbocycles. The Hall–Kier alpha value is -3.70. The van der Waals surface area contributed by atoms with Crippen LogP contribution in [0.5, 0.6) is 11.5 Å². The summed E-state index contributed by atoms with van der Waals surface area (Å²) in [5, 5.41) is 2.98. The quantitative estimate of drug-likeness (QED) is 0.224. The number of nitrogens with zero attached hydrogens (tertiary/aromatic N) is 2. The number of carbonyl (C=O) groups is 2. The van der Waals surface area contributed by atoms with Crippen molar-refractivity contribution >= 4 is 39.3 Å². The van der Waals surface area contributed by atoms with Crippen LogP contribution in [0.25, 0.3) is 0 Å². The van der Waals surface area contributed by atoms with Gasteiger partial charge in [-0.15, -0.1) is 11.8 Å². The van der Waals surface area contributed by atoms with Crippen LogP contribution in [0.15, 0.2) is 82.6 Å². The van der Waals surface area contributed by atoms with E-state index in [1.165, 1.54) is 28.8 Å². The Kier molecular flexibility index (Phi) is 12.1. The molecular weight excluding hydrogens is 599 g/mol. The number of rotatable bonds is 14. The van der Waals surface area contributed by atoms with Crippen molar-refractivity contribution in [3.05, 3.63) is 78.4 Å². The molecule has 0 saturated heterocycles. The first-order valence-electron chi connectivity index (χ1n) is 14.5. The van der Waals surface area contributed by atoms with Crippen LogP contribution in [0.4, 0.5) is 5.69 Å². The predicted molar refractivity (Wildman–Crippen MR) is 176 cm³/mol. The highest BCUT2D eigenvalue weighted by atomic mass is 32.2. The van der Waals surface area contributed by atoms with Crippen molar-refractivity contribution in [3.63, 3.8) is 0 Å². The van der Waals surface area contributed by atoms with Crippen molar-refractivity contribution in [1.29, 1.82) is 0 Å². The van der Waals surface area contributed by atoms with E-state index in [9.17, 15) is 18.0 Å². The summed E-state index contributed by atoms with van der Waals surface area (Å²) in [6.45, 7) is 9.30. The van der Waals surface area contributed by atoms with Gasteiger partial charge in [-0.25, -0.2) is 8.42 Å². The maximum atomic E-state index is 14.3. The van der Waals surface area contributed by atoms with Crippen LogP contribution in [-0.2, 0) is 26.2 Å². The van der Waals surface area contributed by atoms with Crippen LogP contribution >= 0.6 is 11.8 Å². The highest BCUT2D eigenvalue weighted by Gasteiger charge is 2.34. The van der Waals surface area contributed by atoms with E-state index in [1.807, 2.05) is 53.0 Å². The van der Waals surface area contributed by atoms with Crippen molar-refractivity contribution in [2.24, 2.45) is 0 Å². The Balaban J connectivity index is 2.09. The van der Waals surface area contributed by atoms with E-state index in [-0.39, 0.29) is 17.3 Å². The van der Waals surface area contributed by atoms with Crippen LogP contribution in [0.2, 0.25) is 0 Å². The van der Waals surface area contributed by atoms with E-state index < -0.39 is 34.1 Å². The van der Waals surface area contributed by atoms with Gasteiger partial charge >= 0.3 is 0 Å². The van der Waals surface area contributed by atoms with Gasteiger partial charge in [-0.3, -0.25) is 13.9 Å². The molecule has 3 aromatic carbocycles. The number of nitrogens with one attached hydrogen (secondary N) is 1. The molecule has 0 saturated carbocycles. The number of amides is 2. The molecule has 0 aliphatic rings. The molecule has 238 valence electrons. The van der Waals surface area contributed by atoms with E-state index in [2.05, 4.69) is 5.32 Å². The van der Waals surface area contributed by atoms with E-state index in [4.69, 9.17) is 9.47 Å². The van der Waals surface area contributed by atoms with Crippen LogP contribution < -0.4 is 19.1 Å². The van der Waals surface area contributed by atoms with Crippen LogP contribution in [0.3, 0.4) is 0 Å². The Morgan fingerprint density at radius 2 is 1.61 bits per heavy atom. The minimum absolute atomic E-state index is 0.0499. The van der Waals surface area contributed by atoms with Crippen molar-refractivity contribution in [3.8, 4) is 11.5 Å². The van der Waals surface area contributed by atoms with Gasteiger partial charge in [0.1, 0.15) is 24.1 Å². The van der Waals surface area contributed by atoms with Gasteiger partial charge in [0.25, 0.3) is 10.0 Å². The summed E-state index contributed by atoms with van der Waals surface area (Å²) in [7, 11) is -2.63. The van der Waals surface area contributed by atoms with Gasteiger partial charge < -0.3 is 19.7 Å². The van der Waals surface area contributed by atoms with Crippen LogP contribution in [-0.4, -0.2) is 63.2 Å². The van der Waals surface area contributed by atoms with Gasteiger partial charge in [-0.05, 0) is 107 Å². The second-order valence-electron chi connectivity index (χ2n) is 11.2. The minimum Gasteiger partial charge on any atom is -0.497 e. The third-order valence-electron chi connectivity index (χ3n) is 6.73. The molecule has 0 heterocycles. The molecule has 0 aromatic heterocycles. The summed E-state index contributed by atoms with van der Waals surface area (Å²) < 4.78 is 40.3. The van der Waals surface area contributed by atoms with Gasteiger partial charge in [0.05, 0.1) is 24.3 Å². The summed E-state index contributed by atoms with van der Waals surface area (Å²) >= 11 is 1.50. The maximum Gasteiger partial charge on any atom is 0.264 e. The smallest absolute Gasteiger partial charge is 0.264 e. The first-order chi connectivity index (χ1) is 20.8. The third-order valence-corrected chi connectivity index (χ3v) is 9.26. The van der Waals surface area contributed by atoms with Gasteiger partial charge in [0.15, 0.2) is 0 Å². The topological polar surface area (TPSA) is 105 Å². The van der Waals surface area contributed by atoms with Gasteiger partial charge in [-0.2, -0.15) is 0 Å². The number of anilines is 1. The van der Waals surface area contributed by atoms with Crippen LogP contribution in [0.1, 0.15) is 46.6 Å². The second-order valence-corrected chi connectivity index (χ2v) is 13.9. The van der Waals surface area contributed by atoms with Crippen molar-refractivity contribution in [2.75, 3.05) is 30.8 Å². The molecule has 1 atom stereocenters. The zero-order valence-corrected chi connectivity index (χ0v) is 28.1. The predicted octanol–water partition coefficient (Wildman–Crippen LogP) is 5.73. The average molecular weight is 642 g/mol. The lowest BCUT2D eigenvalue weighted by Gasteiger charge is -2.34. The summed E-state index contributed by atoms with van der Waals surface area (Å²) in [6.07, 6.45) is 2.23. The normalized spacial score (nSPS) is 12.2. The van der Waals surface area contributed by atoms with E-state index in [0.717, 1.165) is 14.8 Å². The van der Waals surface area contributed by atoms with Gasteiger partial charge in [0, 0.05) is 17.0 Å². The zero-order valence-electron chi connectivity index (χ0n) is 26.5. The standard InChI is InChI=1S/C33H43N3O6S2/c1-8-30(32(38)34-33(3,4)5)35(22-24-11-10-12-27(21-24)41-6)31(37)23-36(25-13-15-26(16-14-25)42-9-2)44(39,40)29-19-17-28(43-7)18-20-29/h10-21,30H,8-9,22-23H2,1-7H3,(H,34,38)/t30-/m1/s1. The number of methoxy groups -OCH3 is 1. The molecule has 0 radical (unpaired) electrons. The highest BCUT2D eigenvalue weighted by molar-refractivity contribution is 7.98. The summed E-state index contributed by atoms with van der Waals surface area (Å²) in [6, 6.07) is 19.5. The molecule has 3 rings (SSSR count). The SMILES string of the molecule is CCOc1ccc(N(CC(=O)N(Cc2cccc(OC)c2)[C@H](CC)C(=O)NC(C)(C)C)S(=O)(=O)c2ccc(SC)cc2)cc1. The third kappa shape index (κ3) is 9.15. The van der Waals surface area contributed by atoms with Crippen molar-refractivity contribution in [2.45, 2.75) is 69.0 Å². The maximum absolute atomic E-state index is 14.3. The van der Waals surface area contributed by atoms with E-state index in [1.54, 1.807) is 55.6 Å². The molecule has 2 amide bonds. The number of hydrogen-bond donors (Lipinski definition) is 1. The average Bonchev–Trinajstić information content (AvgIpc) is 2.99. The molecule has 0 spiro atoms. The van der Waals surface area contributed by atoms with Crippen molar-refractivity contribution in [1.82, 2.24) is 10.2 Å². The van der Waals surface area contributed by atoms with Gasteiger partial charge in [-0.1, -0.05) is 19.1 Å². The fourth-order valence-corrected chi connectivity index (χ4v) is 6.44. The second kappa shape index (κ2) is 15.3. The number of sulfonamides is 1. The molecule has 44 heavy (non-hydrogen) atoms. The molecule has 0 fully saturated rings. The Bertz CT molecular complexity index is 1500. The van der Waals surface area contributed by atoms with E-state index in [0.29, 0.717) is 30.2 Å². The fourth-order valence-electron chi connectivity index (χ4n) is 4.62. The first kappa shape index (κ1) is 34.8. The number of hydrogen-bond acceptors (Lipinski definition) is 7. The summed E-state index contributed by atoms with van der Waals surface area (Å²) in [4.78, 5) is 30.2. The van der Waals surface area contributed by atoms with Crippen molar-refractivity contribution < 1.29 is 27.5 Å². The number of ether oxygens (including phenoxy) is 2. The molecule has 1 N–H and O–H groups in total. The van der Waals surface area contributed by atoms with Gasteiger partial charge in [0.2, 0.25) is 11.8 Å². The van der Waals surface area contributed by atoms with E-state index >= 15 is 0 Å². The molecule has 0 bridgehead atoms. The number of thioether (sulfide) groups is 1. The summed E-state index contributed by atoms with van der Waals surface area (Å²) in [5.41, 5.74) is 0.502. The lowest BCUT2D eigenvalue weighted by Crippen LogP contribution is -2.55. The largest absolute Gasteiger partial charge is 0.497 e. The Morgan fingerprint density at radius 1 is 0.955 bits per heavy atom. The monoisotopic (exact) mass is 641 g/mol. The minimum atomic E-state index is -4.18.